The minimum absolute atomic E-state index is 0.0940. The zero-order valence-corrected chi connectivity index (χ0v) is 14.7. The van der Waals surface area contributed by atoms with E-state index < -0.39 is 22.0 Å². The van der Waals surface area contributed by atoms with Crippen molar-refractivity contribution >= 4 is 38.7 Å². The first kappa shape index (κ1) is 17.7. The predicted molar refractivity (Wildman–Crippen MR) is 97.9 cm³/mol. The van der Waals surface area contributed by atoms with Crippen molar-refractivity contribution in [1.82, 2.24) is 0 Å². The summed E-state index contributed by atoms with van der Waals surface area (Å²) in [6.45, 7) is 0. The summed E-state index contributed by atoms with van der Waals surface area (Å²) in [4.78, 5) is 12.1. The van der Waals surface area contributed by atoms with Crippen LogP contribution in [0.1, 0.15) is 10.4 Å². The number of hydrogen-bond donors (Lipinski definition) is 3. The van der Waals surface area contributed by atoms with E-state index in [1.165, 1.54) is 0 Å². The number of carbonyl (C=O) groups is 1. The Morgan fingerprint density at radius 2 is 1.60 bits per heavy atom. The molecule has 8 heteroatoms. The lowest BCUT2D eigenvalue weighted by Gasteiger charge is -2.16. The number of carbonyl (C=O) groups excluding carboxylic acids is 1. The first-order valence-electron chi connectivity index (χ1n) is 7.64. The molecule has 3 N–H and O–H groups in total. The molecule has 25 heavy (non-hydrogen) atoms. The Kier molecular flexibility index (Phi) is 4.99. The fourth-order valence-corrected chi connectivity index (χ4v) is 4.50. The summed E-state index contributed by atoms with van der Waals surface area (Å²) in [6, 6.07) is 12.9. The molecule has 1 aliphatic heterocycles. The lowest BCUT2D eigenvalue weighted by Crippen LogP contribution is -2.31. The number of sulfone groups is 1. The summed E-state index contributed by atoms with van der Waals surface area (Å²) in [5.41, 5.74) is 1.77. The molecule has 0 saturated carbocycles. The molecule has 1 amide bonds. The van der Waals surface area contributed by atoms with E-state index in [2.05, 4.69) is 10.6 Å². The van der Waals surface area contributed by atoms with Gasteiger partial charge in [0, 0.05) is 22.0 Å². The molecule has 3 rings (SSSR count). The Hall–Kier alpha value is -2.09. The topological polar surface area (TPSA) is 95.5 Å². The summed E-state index contributed by atoms with van der Waals surface area (Å²) in [5, 5.41) is 16.1. The Balaban J connectivity index is 1.62. The van der Waals surface area contributed by atoms with Gasteiger partial charge in [0.05, 0.1) is 23.7 Å². The third-order valence-corrected chi connectivity index (χ3v) is 5.89. The minimum Gasteiger partial charge on any atom is -0.390 e. The lowest BCUT2D eigenvalue weighted by molar-refractivity contribution is 0.102. The smallest absolute Gasteiger partial charge is 0.255 e. The third-order valence-electron chi connectivity index (χ3n) is 3.92. The SMILES string of the molecule is O=C(Nc1ccc(NC2CS(=O)(=O)CC2O)cc1)c1ccc(Cl)cc1. The molecular weight excluding hydrogens is 364 g/mol. The van der Waals surface area contributed by atoms with Crippen LogP contribution in [0.3, 0.4) is 0 Å². The number of anilines is 2. The second-order valence-electron chi connectivity index (χ2n) is 5.93. The van der Waals surface area contributed by atoms with Crippen molar-refractivity contribution in [1.29, 1.82) is 0 Å². The average molecular weight is 381 g/mol. The lowest BCUT2D eigenvalue weighted by atomic mass is 10.2. The van der Waals surface area contributed by atoms with Crippen molar-refractivity contribution in [2.24, 2.45) is 0 Å². The van der Waals surface area contributed by atoms with Gasteiger partial charge in [-0.15, -0.1) is 0 Å². The van der Waals surface area contributed by atoms with Gasteiger partial charge in [-0.05, 0) is 48.5 Å². The van der Waals surface area contributed by atoms with E-state index >= 15 is 0 Å². The molecule has 0 aliphatic carbocycles. The van der Waals surface area contributed by atoms with Crippen molar-refractivity contribution in [2.45, 2.75) is 12.1 Å². The van der Waals surface area contributed by atoms with E-state index in [0.29, 0.717) is 22.0 Å². The molecule has 2 aromatic rings. The van der Waals surface area contributed by atoms with Crippen LogP contribution in [-0.2, 0) is 9.84 Å². The van der Waals surface area contributed by atoms with Crippen molar-refractivity contribution < 1.29 is 18.3 Å². The number of nitrogens with one attached hydrogen (secondary N) is 2. The van der Waals surface area contributed by atoms with Crippen LogP contribution in [-0.4, -0.2) is 43.1 Å². The second kappa shape index (κ2) is 7.03. The van der Waals surface area contributed by atoms with E-state index in [0.717, 1.165) is 0 Å². The maximum Gasteiger partial charge on any atom is 0.255 e. The molecule has 1 fully saturated rings. The van der Waals surface area contributed by atoms with Crippen LogP contribution in [0.5, 0.6) is 0 Å². The van der Waals surface area contributed by atoms with Gasteiger partial charge in [0.1, 0.15) is 0 Å². The predicted octanol–water partition coefficient (Wildman–Crippen LogP) is 2.16. The maximum atomic E-state index is 12.1. The van der Waals surface area contributed by atoms with Gasteiger partial charge < -0.3 is 15.7 Å². The van der Waals surface area contributed by atoms with Gasteiger partial charge in [0.15, 0.2) is 9.84 Å². The number of hydrogen-bond acceptors (Lipinski definition) is 5. The van der Waals surface area contributed by atoms with Crippen molar-refractivity contribution in [3.05, 3.63) is 59.1 Å². The van der Waals surface area contributed by atoms with Crippen molar-refractivity contribution in [3.63, 3.8) is 0 Å². The van der Waals surface area contributed by atoms with Crippen LogP contribution in [0.2, 0.25) is 5.02 Å². The second-order valence-corrected chi connectivity index (χ2v) is 8.52. The van der Waals surface area contributed by atoms with E-state index in [-0.39, 0.29) is 17.4 Å². The summed E-state index contributed by atoms with van der Waals surface area (Å²) in [5.74, 6) is -0.571. The molecule has 1 saturated heterocycles. The van der Waals surface area contributed by atoms with Crippen molar-refractivity contribution in [3.8, 4) is 0 Å². The summed E-state index contributed by atoms with van der Waals surface area (Å²) in [7, 11) is -3.20. The Morgan fingerprint density at radius 3 is 2.16 bits per heavy atom. The van der Waals surface area contributed by atoms with Crippen LogP contribution >= 0.6 is 11.6 Å². The molecule has 0 radical (unpaired) electrons. The molecule has 132 valence electrons. The Labute approximate surface area is 150 Å². The van der Waals surface area contributed by atoms with Gasteiger partial charge >= 0.3 is 0 Å². The van der Waals surface area contributed by atoms with Gasteiger partial charge in [-0.3, -0.25) is 4.79 Å². The highest BCUT2D eigenvalue weighted by Gasteiger charge is 2.36. The van der Waals surface area contributed by atoms with Gasteiger partial charge in [0.25, 0.3) is 5.91 Å². The molecule has 2 unspecified atom stereocenters. The third kappa shape index (κ3) is 4.50. The number of aliphatic hydroxyl groups excluding tert-OH is 1. The van der Waals surface area contributed by atoms with Crippen molar-refractivity contribution in [2.75, 3.05) is 22.1 Å². The van der Waals surface area contributed by atoms with Crippen LogP contribution in [0.4, 0.5) is 11.4 Å². The van der Waals surface area contributed by atoms with Crippen LogP contribution in [0.25, 0.3) is 0 Å². The number of halogens is 1. The summed E-state index contributed by atoms with van der Waals surface area (Å²) in [6.07, 6.45) is -0.922. The van der Waals surface area contributed by atoms with Gasteiger partial charge in [-0.2, -0.15) is 0 Å². The van der Waals surface area contributed by atoms with E-state index in [1.807, 2.05) is 0 Å². The zero-order valence-electron chi connectivity index (χ0n) is 13.1. The molecule has 0 spiro atoms. The molecule has 0 bridgehead atoms. The minimum atomic E-state index is -3.20. The highest BCUT2D eigenvalue weighted by atomic mass is 35.5. The summed E-state index contributed by atoms with van der Waals surface area (Å²) >= 11 is 5.80. The molecular formula is C17H17ClN2O4S. The molecule has 0 aromatic heterocycles. The quantitative estimate of drug-likeness (QED) is 0.755. The zero-order chi connectivity index (χ0) is 18.0. The van der Waals surface area contributed by atoms with Crippen LogP contribution in [0.15, 0.2) is 48.5 Å². The average Bonchev–Trinajstić information content (AvgIpc) is 2.81. The Morgan fingerprint density at radius 1 is 1.00 bits per heavy atom. The summed E-state index contributed by atoms with van der Waals surface area (Å²) < 4.78 is 23.0. The number of aliphatic hydroxyl groups is 1. The standard InChI is InChI=1S/C17H17ClN2O4S/c18-12-3-1-11(2-4-12)17(22)20-14-7-5-13(6-8-14)19-15-9-25(23,24)10-16(15)21/h1-8,15-16,19,21H,9-10H2,(H,20,22). The van der Waals surface area contributed by atoms with E-state index in [4.69, 9.17) is 11.6 Å². The number of amides is 1. The van der Waals surface area contributed by atoms with Gasteiger partial charge in [-0.1, -0.05) is 11.6 Å². The highest BCUT2D eigenvalue weighted by Crippen LogP contribution is 2.20. The fourth-order valence-electron chi connectivity index (χ4n) is 2.64. The molecule has 6 nitrogen and oxygen atoms in total. The maximum absolute atomic E-state index is 12.1. The molecule has 2 atom stereocenters. The normalized spacial score (nSPS) is 21.7. The number of benzene rings is 2. The molecule has 1 aliphatic rings. The van der Waals surface area contributed by atoms with Gasteiger partial charge in [0.2, 0.25) is 0 Å². The molecule has 2 aromatic carbocycles. The number of rotatable bonds is 4. The van der Waals surface area contributed by atoms with E-state index in [9.17, 15) is 18.3 Å². The first-order chi connectivity index (χ1) is 11.8. The monoisotopic (exact) mass is 380 g/mol. The fraction of sp³-hybridized carbons (Fsp3) is 0.235. The Bertz CT molecular complexity index is 867. The van der Waals surface area contributed by atoms with Gasteiger partial charge in [-0.25, -0.2) is 8.42 Å². The van der Waals surface area contributed by atoms with Crippen LogP contribution in [0, 0.1) is 0 Å². The van der Waals surface area contributed by atoms with Crippen LogP contribution < -0.4 is 10.6 Å². The highest BCUT2D eigenvalue weighted by molar-refractivity contribution is 7.91. The first-order valence-corrected chi connectivity index (χ1v) is 9.84. The van der Waals surface area contributed by atoms with E-state index in [1.54, 1.807) is 48.5 Å². The molecule has 1 heterocycles. The largest absolute Gasteiger partial charge is 0.390 e.